The van der Waals surface area contributed by atoms with E-state index in [0.717, 1.165) is 25.9 Å². The number of likely N-dealkylation sites (tertiary alicyclic amines) is 1. The van der Waals surface area contributed by atoms with Crippen molar-refractivity contribution in [2.75, 3.05) is 19.6 Å². The van der Waals surface area contributed by atoms with Gasteiger partial charge in [-0.1, -0.05) is 24.3 Å². The number of piperidine rings is 1. The summed E-state index contributed by atoms with van der Waals surface area (Å²) in [6, 6.07) is 8.18. The van der Waals surface area contributed by atoms with E-state index < -0.39 is 11.9 Å². The monoisotopic (exact) mass is 316 g/mol. The van der Waals surface area contributed by atoms with Crippen LogP contribution in [0.1, 0.15) is 30.9 Å². The number of carboxylic acid groups (broad SMARTS) is 1. The van der Waals surface area contributed by atoms with Gasteiger partial charge in [-0.05, 0) is 37.3 Å². The summed E-state index contributed by atoms with van der Waals surface area (Å²) in [5.41, 5.74) is 2.66. The SMILES string of the molecule is CC(C(=O)N1CCCC(C(=O)O)C1)N1CCc2ccccc2C1. The first-order valence-corrected chi connectivity index (χ1v) is 8.38. The highest BCUT2D eigenvalue weighted by atomic mass is 16.4. The summed E-state index contributed by atoms with van der Waals surface area (Å²) >= 11 is 0. The number of carbonyl (C=O) groups excluding carboxylic acids is 1. The summed E-state index contributed by atoms with van der Waals surface area (Å²) in [7, 11) is 0. The van der Waals surface area contributed by atoms with Crippen molar-refractivity contribution in [2.24, 2.45) is 5.92 Å². The Bertz CT molecular complexity index is 602. The molecule has 2 unspecified atom stereocenters. The molecule has 2 heterocycles. The van der Waals surface area contributed by atoms with Gasteiger partial charge in [0.25, 0.3) is 0 Å². The number of carboxylic acids is 1. The van der Waals surface area contributed by atoms with Gasteiger partial charge in [-0.25, -0.2) is 0 Å². The largest absolute Gasteiger partial charge is 0.481 e. The van der Waals surface area contributed by atoms with Crippen LogP contribution < -0.4 is 0 Å². The number of nitrogens with zero attached hydrogens (tertiary/aromatic N) is 2. The Morgan fingerprint density at radius 1 is 1.22 bits per heavy atom. The molecule has 5 nitrogen and oxygen atoms in total. The van der Waals surface area contributed by atoms with E-state index in [1.165, 1.54) is 11.1 Å². The first-order valence-electron chi connectivity index (χ1n) is 8.38. The molecule has 1 aromatic carbocycles. The van der Waals surface area contributed by atoms with Crippen LogP contribution in [-0.2, 0) is 22.6 Å². The normalized spacial score (nSPS) is 23.2. The van der Waals surface area contributed by atoms with Crippen molar-refractivity contribution in [1.82, 2.24) is 9.80 Å². The third-order valence-electron chi connectivity index (χ3n) is 5.15. The molecular formula is C18H24N2O3. The van der Waals surface area contributed by atoms with E-state index in [9.17, 15) is 14.7 Å². The molecule has 1 N–H and O–H groups in total. The van der Waals surface area contributed by atoms with Crippen molar-refractivity contribution < 1.29 is 14.7 Å². The van der Waals surface area contributed by atoms with Crippen LogP contribution in [0.4, 0.5) is 0 Å². The molecule has 23 heavy (non-hydrogen) atoms. The summed E-state index contributed by atoms with van der Waals surface area (Å²) in [5, 5.41) is 9.19. The molecule has 0 bridgehead atoms. The molecule has 3 rings (SSSR count). The Labute approximate surface area is 136 Å². The molecule has 1 amide bonds. The highest BCUT2D eigenvalue weighted by Gasteiger charge is 2.33. The molecule has 5 heteroatoms. The van der Waals surface area contributed by atoms with Crippen LogP contribution in [0.25, 0.3) is 0 Å². The second kappa shape index (κ2) is 6.71. The Balaban J connectivity index is 1.65. The fraction of sp³-hybridized carbons (Fsp3) is 0.556. The number of hydrogen-bond donors (Lipinski definition) is 1. The van der Waals surface area contributed by atoms with E-state index in [4.69, 9.17) is 0 Å². The second-order valence-corrected chi connectivity index (χ2v) is 6.63. The fourth-order valence-electron chi connectivity index (χ4n) is 3.65. The van der Waals surface area contributed by atoms with Gasteiger partial charge in [0.1, 0.15) is 0 Å². The number of aliphatic carboxylic acids is 1. The van der Waals surface area contributed by atoms with Crippen molar-refractivity contribution in [2.45, 2.75) is 38.8 Å². The van der Waals surface area contributed by atoms with Gasteiger partial charge in [0.15, 0.2) is 0 Å². The lowest BCUT2D eigenvalue weighted by Gasteiger charge is -2.38. The highest BCUT2D eigenvalue weighted by molar-refractivity contribution is 5.82. The van der Waals surface area contributed by atoms with E-state index in [-0.39, 0.29) is 11.9 Å². The Morgan fingerprint density at radius 2 is 1.96 bits per heavy atom. The lowest BCUT2D eigenvalue weighted by atomic mass is 9.96. The standard InChI is InChI=1S/C18H24N2O3/c1-13(17(21)20-9-4-7-16(12-20)18(22)23)19-10-8-14-5-2-3-6-15(14)11-19/h2-3,5-6,13,16H,4,7-12H2,1H3,(H,22,23). The number of fused-ring (bicyclic) bond motifs is 1. The third-order valence-corrected chi connectivity index (χ3v) is 5.15. The summed E-state index contributed by atoms with van der Waals surface area (Å²) in [6.45, 7) is 4.64. The molecule has 0 aromatic heterocycles. The molecule has 2 aliphatic heterocycles. The van der Waals surface area contributed by atoms with Gasteiger partial charge in [-0.3, -0.25) is 14.5 Å². The van der Waals surface area contributed by atoms with Crippen LogP contribution in [0.3, 0.4) is 0 Å². The number of amides is 1. The molecular weight excluding hydrogens is 292 g/mol. The van der Waals surface area contributed by atoms with Crippen LogP contribution in [0, 0.1) is 5.92 Å². The average Bonchev–Trinajstić information content (AvgIpc) is 2.60. The van der Waals surface area contributed by atoms with Crippen molar-refractivity contribution in [3.63, 3.8) is 0 Å². The molecule has 1 aromatic rings. The lowest BCUT2D eigenvalue weighted by Crippen LogP contribution is -2.51. The topological polar surface area (TPSA) is 60.9 Å². The average molecular weight is 316 g/mol. The molecule has 0 saturated carbocycles. The maximum Gasteiger partial charge on any atom is 0.308 e. The Kier molecular flexibility index (Phi) is 4.66. The van der Waals surface area contributed by atoms with Crippen molar-refractivity contribution in [3.8, 4) is 0 Å². The van der Waals surface area contributed by atoms with Gasteiger partial charge in [0.05, 0.1) is 12.0 Å². The van der Waals surface area contributed by atoms with E-state index in [1.54, 1.807) is 4.90 Å². The Morgan fingerprint density at radius 3 is 2.70 bits per heavy atom. The van der Waals surface area contributed by atoms with Gasteiger partial charge >= 0.3 is 5.97 Å². The van der Waals surface area contributed by atoms with E-state index >= 15 is 0 Å². The zero-order valence-corrected chi connectivity index (χ0v) is 13.6. The number of rotatable bonds is 3. The molecule has 0 radical (unpaired) electrons. The predicted octanol–water partition coefficient (Wildman–Crippen LogP) is 1.76. The summed E-state index contributed by atoms with van der Waals surface area (Å²) in [5.74, 6) is -1.14. The summed E-state index contributed by atoms with van der Waals surface area (Å²) in [6.07, 6.45) is 2.41. The van der Waals surface area contributed by atoms with E-state index in [0.29, 0.717) is 19.5 Å². The van der Waals surface area contributed by atoms with Gasteiger partial charge in [-0.15, -0.1) is 0 Å². The quantitative estimate of drug-likeness (QED) is 0.923. The smallest absolute Gasteiger partial charge is 0.308 e. The van der Waals surface area contributed by atoms with Crippen molar-refractivity contribution >= 4 is 11.9 Å². The van der Waals surface area contributed by atoms with Crippen LogP contribution in [0.15, 0.2) is 24.3 Å². The molecule has 2 aliphatic rings. The van der Waals surface area contributed by atoms with Gasteiger partial charge in [0.2, 0.25) is 5.91 Å². The molecule has 2 atom stereocenters. The first kappa shape index (κ1) is 16.0. The van der Waals surface area contributed by atoms with Crippen LogP contribution in [0.2, 0.25) is 0 Å². The Hall–Kier alpha value is -1.88. The lowest BCUT2D eigenvalue weighted by molar-refractivity contribution is -0.147. The van der Waals surface area contributed by atoms with Crippen LogP contribution in [0.5, 0.6) is 0 Å². The summed E-state index contributed by atoms with van der Waals surface area (Å²) < 4.78 is 0. The van der Waals surface area contributed by atoms with Gasteiger partial charge in [0, 0.05) is 26.2 Å². The highest BCUT2D eigenvalue weighted by Crippen LogP contribution is 2.23. The van der Waals surface area contributed by atoms with E-state index in [1.807, 2.05) is 13.0 Å². The minimum Gasteiger partial charge on any atom is -0.481 e. The predicted molar refractivity (Wildman–Crippen MR) is 87.0 cm³/mol. The molecule has 0 spiro atoms. The minimum atomic E-state index is -0.790. The third kappa shape index (κ3) is 3.39. The zero-order chi connectivity index (χ0) is 16.4. The van der Waals surface area contributed by atoms with Gasteiger partial charge < -0.3 is 10.0 Å². The molecule has 0 aliphatic carbocycles. The molecule has 124 valence electrons. The second-order valence-electron chi connectivity index (χ2n) is 6.63. The number of carbonyl (C=O) groups is 2. The summed E-state index contributed by atoms with van der Waals surface area (Å²) in [4.78, 5) is 27.9. The maximum absolute atomic E-state index is 12.8. The molecule has 1 saturated heterocycles. The molecule has 1 fully saturated rings. The van der Waals surface area contributed by atoms with Crippen LogP contribution >= 0.6 is 0 Å². The van der Waals surface area contributed by atoms with Crippen molar-refractivity contribution in [1.29, 1.82) is 0 Å². The zero-order valence-electron chi connectivity index (χ0n) is 13.6. The van der Waals surface area contributed by atoms with E-state index in [2.05, 4.69) is 23.1 Å². The van der Waals surface area contributed by atoms with Gasteiger partial charge in [-0.2, -0.15) is 0 Å². The minimum absolute atomic E-state index is 0.0651. The van der Waals surface area contributed by atoms with Crippen molar-refractivity contribution in [3.05, 3.63) is 35.4 Å². The number of benzene rings is 1. The fourth-order valence-corrected chi connectivity index (χ4v) is 3.65. The number of hydrogen-bond acceptors (Lipinski definition) is 3. The first-order chi connectivity index (χ1) is 11.1. The van der Waals surface area contributed by atoms with Crippen LogP contribution in [-0.4, -0.2) is 52.5 Å². The maximum atomic E-state index is 12.8.